The Kier molecular flexibility index (Phi) is 12.0. The quantitative estimate of drug-likeness (QED) is 0.284. The second-order valence-electron chi connectivity index (χ2n) is 5.16. The molecule has 0 atom stereocenters. The van der Waals surface area contributed by atoms with Crippen molar-refractivity contribution in [1.29, 1.82) is 0 Å². The summed E-state index contributed by atoms with van der Waals surface area (Å²) in [7, 11) is 0. The molecule has 0 saturated carbocycles. The van der Waals surface area contributed by atoms with E-state index in [2.05, 4.69) is 0 Å². The van der Waals surface area contributed by atoms with Crippen molar-refractivity contribution in [3.63, 3.8) is 0 Å². The zero-order valence-corrected chi connectivity index (χ0v) is 14.1. The van der Waals surface area contributed by atoms with Gasteiger partial charge >= 0.3 is 11.8 Å². The van der Waals surface area contributed by atoms with Crippen LogP contribution < -0.4 is 0 Å². The highest BCUT2D eigenvalue weighted by Crippen LogP contribution is 2.18. The Balaban J connectivity index is 4.81. The molecule has 130 valence electrons. The van der Waals surface area contributed by atoms with Crippen LogP contribution in [0.15, 0.2) is 0 Å². The average molecular weight is 318 g/mol. The zero-order valence-electron chi connectivity index (χ0n) is 14.1. The van der Waals surface area contributed by atoms with Crippen molar-refractivity contribution in [1.82, 2.24) is 0 Å². The molecule has 0 bridgehead atoms. The molecule has 0 radical (unpaired) electrons. The summed E-state index contributed by atoms with van der Waals surface area (Å²) in [4.78, 5) is 23.9. The van der Waals surface area contributed by atoms with E-state index >= 15 is 0 Å². The Morgan fingerprint density at radius 1 is 0.864 bits per heavy atom. The Hall–Kier alpha value is -0.980. The van der Waals surface area contributed by atoms with Crippen molar-refractivity contribution in [2.75, 3.05) is 26.4 Å². The molecule has 0 unspecified atom stereocenters. The third-order valence-electron chi connectivity index (χ3n) is 3.13. The van der Waals surface area contributed by atoms with Crippen LogP contribution in [0.2, 0.25) is 0 Å². The van der Waals surface area contributed by atoms with E-state index in [0.29, 0.717) is 19.4 Å². The number of rotatable bonds is 15. The highest BCUT2D eigenvalue weighted by molar-refractivity contribution is 6.05. The van der Waals surface area contributed by atoms with Gasteiger partial charge in [0.25, 0.3) is 0 Å². The van der Waals surface area contributed by atoms with Gasteiger partial charge in [0.2, 0.25) is 5.78 Å². The topological polar surface area (TPSA) is 82.1 Å². The minimum atomic E-state index is -2.24. The van der Waals surface area contributed by atoms with E-state index in [4.69, 9.17) is 14.2 Å². The lowest BCUT2D eigenvalue weighted by Gasteiger charge is -2.28. The highest BCUT2D eigenvalue weighted by Gasteiger charge is 2.49. The molecule has 22 heavy (non-hydrogen) atoms. The van der Waals surface area contributed by atoms with Gasteiger partial charge in [0.1, 0.15) is 6.61 Å². The molecule has 0 aliphatic carbocycles. The molecule has 0 aromatic rings. The van der Waals surface area contributed by atoms with Crippen molar-refractivity contribution in [2.45, 2.75) is 65.1 Å². The molecular formula is C16H30O6. The summed E-state index contributed by atoms with van der Waals surface area (Å²) >= 11 is 0. The number of carboxylic acid groups (broad SMARTS) is 1. The fourth-order valence-electron chi connectivity index (χ4n) is 1.67. The van der Waals surface area contributed by atoms with E-state index in [9.17, 15) is 14.7 Å². The molecular weight excluding hydrogens is 288 g/mol. The lowest BCUT2D eigenvalue weighted by molar-refractivity contribution is -0.239. The van der Waals surface area contributed by atoms with E-state index in [0.717, 1.165) is 25.7 Å². The van der Waals surface area contributed by atoms with Gasteiger partial charge in [-0.15, -0.1) is 0 Å². The lowest BCUT2D eigenvalue weighted by atomic mass is 10.1. The van der Waals surface area contributed by atoms with E-state index in [-0.39, 0.29) is 19.8 Å². The largest absolute Gasteiger partial charge is 0.477 e. The summed E-state index contributed by atoms with van der Waals surface area (Å²) < 4.78 is 15.9. The molecule has 0 rings (SSSR count). The molecule has 0 saturated heterocycles. The van der Waals surface area contributed by atoms with Crippen LogP contribution in [0.1, 0.15) is 59.3 Å². The molecule has 6 nitrogen and oxygen atoms in total. The van der Waals surface area contributed by atoms with E-state index in [1.54, 1.807) is 0 Å². The number of ketones is 1. The van der Waals surface area contributed by atoms with Crippen molar-refractivity contribution in [3.8, 4) is 0 Å². The van der Waals surface area contributed by atoms with Gasteiger partial charge in [0.05, 0.1) is 13.2 Å². The van der Waals surface area contributed by atoms with Crippen molar-refractivity contribution in [3.05, 3.63) is 0 Å². The molecule has 0 aromatic heterocycles. The second-order valence-corrected chi connectivity index (χ2v) is 5.16. The van der Waals surface area contributed by atoms with Gasteiger partial charge in [-0.2, -0.15) is 0 Å². The van der Waals surface area contributed by atoms with Crippen molar-refractivity contribution < 1.29 is 28.9 Å². The Labute approximate surface area is 133 Å². The predicted octanol–water partition coefficient (Wildman–Crippen LogP) is 2.79. The lowest BCUT2D eigenvalue weighted by Crippen LogP contribution is -2.53. The van der Waals surface area contributed by atoms with Gasteiger partial charge in [-0.25, -0.2) is 4.79 Å². The Morgan fingerprint density at radius 2 is 1.32 bits per heavy atom. The van der Waals surface area contributed by atoms with Crippen LogP contribution in [-0.4, -0.2) is 49.1 Å². The molecule has 0 aliphatic heterocycles. The Morgan fingerprint density at radius 3 is 1.73 bits per heavy atom. The monoisotopic (exact) mass is 318 g/mol. The number of Topliss-reactive ketones (excluding diaryl/α,β-unsaturated/α-hetero) is 1. The van der Waals surface area contributed by atoms with Crippen LogP contribution in [0.5, 0.6) is 0 Å². The summed E-state index contributed by atoms with van der Waals surface area (Å²) in [5.74, 6) is -4.34. The van der Waals surface area contributed by atoms with Crippen LogP contribution >= 0.6 is 0 Å². The number of carboxylic acids is 1. The van der Waals surface area contributed by atoms with Gasteiger partial charge in [0.15, 0.2) is 0 Å². The second kappa shape index (κ2) is 12.6. The minimum Gasteiger partial charge on any atom is -0.477 e. The Bertz CT molecular complexity index is 306. The molecule has 0 fully saturated rings. The molecule has 6 heteroatoms. The molecule has 0 spiro atoms. The summed E-state index contributed by atoms with van der Waals surface area (Å²) in [5, 5.41) is 9.47. The number of carbonyl (C=O) groups excluding carboxylic acids is 1. The summed E-state index contributed by atoms with van der Waals surface area (Å²) in [5.41, 5.74) is 0. The minimum absolute atomic E-state index is 0.162. The number of hydrogen-bond donors (Lipinski definition) is 1. The van der Waals surface area contributed by atoms with Gasteiger partial charge in [-0.1, -0.05) is 40.0 Å². The smallest absolute Gasteiger partial charge is 0.373 e. The maximum Gasteiger partial charge on any atom is 0.373 e. The first kappa shape index (κ1) is 21.0. The van der Waals surface area contributed by atoms with Crippen molar-refractivity contribution in [2.24, 2.45) is 0 Å². The summed E-state index contributed by atoms with van der Waals surface area (Å²) in [6.07, 6.45) is 4.77. The standard InChI is InChI=1S/C16H30O6/c1-4-7-10-20-13-14(17)16(15(18)19,21-11-8-5-2)22-12-9-6-3/h4-13H2,1-3H3,(H,18,19). The highest BCUT2D eigenvalue weighted by atomic mass is 16.7. The number of hydrogen-bond acceptors (Lipinski definition) is 5. The van der Waals surface area contributed by atoms with Crippen LogP contribution in [0, 0.1) is 0 Å². The molecule has 0 amide bonds. The summed E-state index contributed by atoms with van der Waals surface area (Å²) in [6.45, 7) is 6.35. The van der Waals surface area contributed by atoms with Gasteiger partial charge in [0, 0.05) is 6.61 Å². The number of aliphatic carboxylic acids is 1. The van der Waals surface area contributed by atoms with E-state index < -0.39 is 17.5 Å². The molecule has 0 aromatic carbocycles. The van der Waals surface area contributed by atoms with Gasteiger partial charge < -0.3 is 19.3 Å². The molecule has 0 aliphatic rings. The van der Waals surface area contributed by atoms with Gasteiger partial charge in [-0.05, 0) is 19.3 Å². The van der Waals surface area contributed by atoms with Crippen LogP contribution in [0.3, 0.4) is 0 Å². The fourth-order valence-corrected chi connectivity index (χ4v) is 1.67. The fraction of sp³-hybridized carbons (Fsp3) is 0.875. The molecule has 1 N–H and O–H groups in total. The molecule has 0 heterocycles. The van der Waals surface area contributed by atoms with Crippen LogP contribution in [-0.2, 0) is 23.8 Å². The first-order valence-electron chi connectivity index (χ1n) is 8.17. The van der Waals surface area contributed by atoms with Crippen LogP contribution in [0.4, 0.5) is 0 Å². The van der Waals surface area contributed by atoms with Crippen LogP contribution in [0.25, 0.3) is 0 Å². The van der Waals surface area contributed by atoms with Gasteiger partial charge in [-0.3, -0.25) is 4.79 Å². The zero-order chi connectivity index (χ0) is 16.8. The first-order valence-corrected chi connectivity index (χ1v) is 8.17. The SMILES string of the molecule is CCCCOCC(=O)C(OCCCC)(OCCCC)C(=O)O. The number of unbranched alkanes of at least 4 members (excludes halogenated alkanes) is 3. The first-order chi connectivity index (χ1) is 10.5. The van der Waals surface area contributed by atoms with E-state index in [1.165, 1.54) is 0 Å². The van der Waals surface area contributed by atoms with Crippen molar-refractivity contribution >= 4 is 11.8 Å². The number of ether oxygens (including phenoxy) is 3. The third kappa shape index (κ3) is 7.33. The van der Waals surface area contributed by atoms with E-state index in [1.807, 2.05) is 20.8 Å². The maximum absolute atomic E-state index is 12.3. The summed E-state index contributed by atoms with van der Waals surface area (Å²) in [6, 6.07) is 0. The average Bonchev–Trinajstić information content (AvgIpc) is 2.49. The predicted molar refractivity (Wildman–Crippen MR) is 82.8 cm³/mol. The normalized spacial score (nSPS) is 11.6. The number of carbonyl (C=O) groups is 2. The third-order valence-corrected chi connectivity index (χ3v) is 3.13. The maximum atomic E-state index is 12.3.